The monoisotopic (exact) mass is 271 g/mol. The lowest BCUT2D eigenvalue weighted by molar-refractivity contribution is 0.102. The van der Waals surface area contributed by atoms with Gasteiger partial charge in [0, 0.05) is 13.2 Å². The molecule has 2 aromatic rings. The van der Waals surface area contributed by atoms with Crippen LogP contribution < -0.4 is 5.32 Å². The molecule has 88 valence electrons. The minimum atomic E-state index is -0.421. The molecular weight excluding hydrogens is 265 g/mol. The molecule has 6 nitrogen and oxygen atoms in total. The van der Waals surface area contributed by atoms with Crippen LogP contribution in [0.4, 0.5) is 5.95 Å². The number of carbonyl (C=O) groups excluding carboxylic acids is 1. The van der Waals surface area contributed by atoms with Crippen LogP contribution in [0.1, 0.15) is 10.4 Å². The predicted octanol–water partition coefficient (Wildman–Crippen LogP) is 1.77. The smallest absolute Gasteiger partial charge is 0.259 e. The quantitative estimate of drug-likeness (QED) is 0.845. The molecule has 8 heteroatoms. The maximum atomic E-state index is 11.9. The number of aromatic nitrogens is 4. The number of hydrogen-bond donors (Lipinski definition) is 1. The molecule has 1 amide bonds. The van der Waals surface area contributed by atoms with E-state index in [0.717, 1.165) is 0 Å². The Labute approximate surface area is 107 Å². The van der Waals surface area contributed by atoms with Crippen molar-refractivity contribution in [2.45, 2.75) is 0 Å². The third-order valence-electron chi connectivity index (χ3n) is 2.00. The standard InChI is InChI=1S/C9H7Cl2N5O/c1-16-9(13-4-14-16)15-8(17)5-2-7(11)12-3-6(5)10/h2-4H,1H3,(H,13,14,15,17). The van der Waals surface area contributed by atoms with E-state index < -0.39 is 5.91 Å². The zero-order chi connectivity index (χ0) is 12.4. The van der Waals surface area contributed by atoms with Crippen molar-refractivity contribution in [3.8, 4) is 0 Å². The van der Waals surface area contributed by atoms with Gasteiger partial charge in [0.05, 0.1) is 10.6 Å². The Balaban J connectivity index is 2.26. The van der Waals surface area contributed by atoms with Gasteiger partial charge in [-0.3, -0.25) is 10.1 Å². The largest absolute Gasteiger partial charge is 0.291 e. The van der Waals surface area contributed by atoms with Crippen molar-refractivity contribution in [1.82, 2.24) is 19.7 Å². The first-order chi connectivity index (χ1) is 8.08. The van der Waals surface area contributed by atoms with Gasteiger partial charge >= 0.3 is 0 Å². The lowest BCUT2D eigenvalue weighted by Gasteiger charge is -2.05. The summed E-state index contributed by atoms with van der Waals surface area (Å²) in [6, 6.07) is 1.38. The highest BCUT2D eigenvalue weighted by Gasteiger charge is 2.13. The van der Waals surface area contributed by atoms with Crippen molar-refractivity contribution in [2.24, 2.45) is 7.05 Å². The number of pyridine rings is 1. The average molecular weight is 272 g/mol. The third kappa shape index (κ3) is 2.54. The van der Waals surface area contributed by atoms with Gasteiger partial charge in [0.25, 0.3) is 5.91 Å². The second-order valence-electron chi connectivity index (χ2n) is 3.15. The molecule has 0 atom stereocenters. The maximum Gasteiger partial charge on any atom is 0.259 e. The zero-order valence-electron chi connectivity index (χ0n) is 8.69. The number of carbonyl (C=O) groups is 1. The fraction of sp³-hybridized carbons (Fsp3) is 0.111. The van der Waals surface area contributed by atoms with Gasteiger partial charge in [0.1, 0.15) is 11.5 Å². The molecule has 0 aliphatic carbocycles. The van der Waals surface area contributed by atoms with Gasteiger partial charge in [-0.1, -0.05) is 23.2 Å². The molecule has 0 aromatic carbocycles. The van der Waals surface area contributed by atoms with Gasteiger partial charge in [-0.15, -0.1) is 0 Å². The summed E-state index contributed by atoms with van der Waals surface area (Å²) in [7, 11) is 1.66. The van der Waals surface area contributed by atoms with Crippen LogP contribution in [0.2, 0.25) is 10.2 Å². The van der Waals surface area contributed by atoms with E-state index in [4.69, 9.17) is 23.2 Å². The highest BCUT2D eigenvalue weighted by Crippen LogP contribution is 2.18. The molecule has 2 heterocycles. The van der Waals surface area contributed by atoms with Crippen molar-refractivity contribution in [3.05, 3.63) is 34.3 Å². The summed E-state index contributed by atoms with van der Waals surface area (Å²) >= 11 is 11.5. The number of anilines is 1. The minimum absolute atomic E-state index is 0.192. The molecule has 0 bridgehead atoms. The Hall–Kier alpha value is -1.66. The molecule has 0 spiro atoms. The highest BCUT2D eigenvalue weighted by molar-refractivity contribution is 6.35. The first-order valence-corrected chi connectivity index (χ1v) is 5.30. The molecule has 0 saturated heterocycles. The van der Waals surface area contributed by atoms with E-state index in [1.165, 1.54) is 23.3 Å². The van der Waals surface area contributed by atoms with Crippen LogP contribution in [0, 0.1) is 0 Å². The Morgan fingerprint density at radius 1 is 1.41 bits per heavy atom. The maximum absolute atomic E-state index is 11.9. The first-order valence-electron chi connectivity index (χ1n) is 4.54. The Morgan fingerprint density at radius 3 is 2.82 bits per heavy atom. The van der Waals surface area contributed by atoms with E-state index in [0.29, 0.717) is 5.95 Å². The molecule has 2 rings (SSSR count). The summed E-state index contributed by atoms with van der Waals surface area (Å²) in [4.78, 5) is 19.5. The van der Waals surface area contributed by atoms with Crippen molar-refractivity contribution in [1.29, 1.82) is 0 Å². The number of nitrogens with one attached hydrogen (secondary N) is 1. The predicted molar refractivity (Wildman–Crippen MR) is 63.2 cm³/mol. The number of amides is 1. The molecule has 0 unspecified atom stereocenters. The second-order valence-corrected chi connectivity index (χ2v) is 3.94. The van der Waals surface area contributed by atoms with Crippen LogP contribution in [0.25, 0.3) is 0 Å². The zero-order valence-corrected chi connectivity index (χ0v) is 10.2. The van der Waals surface area contributed by atoms with Crippen LogP contribution in [-0.4, -0.2) is 25.7 Å². The molecule has 0 aliphatic heterocycles. The normalized spacial score (nSPS) is 10.3. The molecule has 0 radical (unpaired) electrons. The van der Waals surface area contributed by atoms with Gasteiger partial charge in [-0.25, -0.2) is 9.67 Å². The van der Waals surface area contributed by atoms with Gasteiger partial charge in [0.2, 0.25) is 5.95 Å². The van der Waals surface area contributed by atoms with Crippen LogP contribution in [0.3, 0.4) is 0 Å². The number of hydrogen-bond acceptors (Lipinski definition) is 4. The molecule has 2 aromatic heterocycles. The molecule has 0 saturated carbocycles. The lowest BCUT2D eigenvalue weighted by Crippen LogP contribution is -2.16. The van der Waals surface area contributed by atoms with Gasteiger partial charge in [-0.2, -0.15) is 10.1 Å². The summed E-state index contributed by atoms with van der Waals surface area (Å²) in [6.45, 7) is 0. The van der Waals surface area contributed by atoms with Gasteiger partial charge in [-0.05, 0) is 6.07 Å². The second kappa shape index (κ2) is 4.68. The number of halogens is 2. The summed E-state index contributed by atoms with van der Waals surface area (Å²) in [5, 5.41) is 6.79. The molecule has 17 heavy (non-hydrogen) atoms. The van der Waals surface area contributed by atoms with Crippen LogP contribution in [0.15, 0.2) is 18.6 Å². The van der Waals surface area contributed by atoms with Crippen LogP contribution >= 0.6 is 23.2 Å². The topological polar surface area (TPSA) is 72.7 Å². The molecule has 0 aliphatic rings. The van der Waals surface area contributed by atoms with Crippen molar-refractivity contribution >= 4 is 35.1 Å². The van der Waals surface area contributed by atoms with Crippen molar-refractivity contribution in [3.63, 3.8) is 0 Å². The van der Waals surface area contributed by atoms with Crippen molar-refractivity contribution in [2.75, 3.05) is 5.32 Å². The number of aryl methyl sites for hydroxylation is 1. The van der Waals surface area contributed by atoms with E-state index in [2.05, 4.69) is 20.4 Å². The highest BCUT2D eigenvalue weighted by atomic mass is 35.5. The Kier molecular flexibility index (Phi) is 3.26. The third-order valence-corrected chi connectivity index (χ3v) is 2.51. The summed E-state index contributed by atoms with van der Waals surface area (Å²) < 4.78 is 1.43. The molecule has 0 fully saturated rings. The van der Waals surface area contributed by atoms with Crippen LogP contribution in [0.5, 0.6) is 0 Å². The lowest BCUT2D eigenvalue weighted by atomic mass is 10.2. The van der Waals surface area contributed by atoms with Gasteiger partial charge in [0.15, 0.2) is 0 Å². The SMILES string of the molecule is Cn1ncnc1NC(=O)c1cc(Cl)ncc1Cl. The average Bonchev–Trinajstić information content (AvgIpc) is 2.68. The van der Waals surface area contributed by atoms with E-state index in [9.17, 15) is 4.79 Å². The summed E-state index contributed by atoms with van der Waals surface area (Å²) in [6.07, 6.45) is 2.65. The molecule has 1 N–H and O–H groups in total. The van der Waals surface area contributed by atoms with Gasteiger partial charge < -0.3 is 0 Å². The number of rotatable bonds is 2. The fourth-order valence-corrected chi connectivity index (χ4v) is 1.51. The van der Waals surface area contributed by atoms with E-state index in [-0.39, 0.29) is 15.7 Å². The first kappa shape index (κ1) is 11.8. The van der Waals surface area contributed by atoms with Crippen molar-refractivity contribution < 1.29 is 4.79 Å². The van der Waals surface area contributed by atoms with E-state index in [1.807, 2.05) is 0 Å². The van der Waals surface area contributed by atoms with E-state index in [1.54, 1.807) is 7.05 Å². The summed E-state index contributed by atoms with van der Waals surface area (Å²) in [5.74, 6) is -0.102. The Morgan fingerprint density at radius 2 is 2.18 bits per heavy atom. The van der Waals surface area contributed by atoms with Crippen LogP contribution in [-0.2, 0) is 7.05 Å². The molecular formula is C9H7Cl2N5O. The fourth-order valence-electron chi connectivity index (χ4n) is 1.17. The Bertz CT molecular complexity index is 568. The number of nitrogens with zero attached hydrogens (tertiary/aromatic N) is 4. The van der Waals surface area contributed by atoms with E-state index >= 15 is 0 Å². The summed E-state index contributed by atoms with van der Waals surface area (Å²) in [5.41, 5.74) is 0.231. The minimum Gasteiger partial charge on any atom is -0.291 e.